The van der Waals surface area contributed by atoms with Gasteiger partial charge in [0.15, 0.2) is 5.83 Å². The zero-order chi connectivity index (χ0) is 19.4. The second kappa shape index (κ2) is 8.46. The van der Waals surface area contributed by atoms with Crippen molar-refractivity contribution in [3.05, 3.63) is 47.3 Å². The first-order valence-corrected chi connectivity index (χ1v) is 9.81. The highest BCUT2D eigenvalue weighted by Crippen LogP contribution is 2.44. The molecule has 0 bridgehead atoms. The molecule has 1 nitrogen and oxygen atoms in total. The van der Waals surface area contributed by atoms with Crippen molar-refractivity contribution in [2.24, 2.45) is 17.8 Å². The Labute approximate surface area is 158 Å². The molecule has 1 aromatic rings. The monoisotopic (exact) mass is 379 g/mol. The van der Waals surface area contributed by atoms with Gasteiger partial charge in [0, 0.05) is 0 Å². The van der Waals surface area contributed by atoms with E-state index in [4.69, 9.17) is 5.26 Å². The van der Waals surface area contributed by atoms with E-state index in [0.29, 0.717) is 17.8 Å². The molecule has 27 heavy (non-hydrogen) atoms. The molecule has 0 atom stereocenters. The average Bonchev–Trinajstić information content (AvgIpc) is 2.68. The van der Waals surface area contributed by atoms with Crippen LogP contribution in [0.4, 0.5) is 17.6 Å². The Balaban J connectivity index is 1.49. The largest absolute Gasteiger partial charge is 0.416 e. The van der Waals surface area contributed by atoms with Gasteiger partial charge >= 0.3 is 6.18 Å². The summed E-state index contributed by atoms with van der Waals surface area (Å²) in [6, 6.07) is 7.20. The van der Waals surface area contributed by atoms with Crippen LogP contribution in [0, 0.1) is 29.1 Å². The molecule has 0 N–H and O–H groups in total. The minimum atomic E-state index is -4.28. The van der Waals surface area contributed by atoms with Crippen LogP contribution in [0.5, 0.6) is 0 Å². The summed E-state index contributed by atoms with van der Waals surface area (Å²) in [5, 5.41) is 8.55. The summed E-state index contributed by atoms with van der Waals surface area (Å²) in [6.45, 7) is 0. The third-order valence-corrected chi connectivity index (χ3v) is 6.45. The number of allylic oxidation sites excluding steroid dienone is 2. The Kier molecular flexibility index (Phi) is 6.24. The van der Waals surface area contributed by atoms with Gasteiger partial charge in [-0.25, -0.2) is 0 Å². The predicted molar refractivity (Wildman–Crippen MR) is 96.4 cm³/mol. The zero-order valence-corrected chi connectivity index (χ0v) is 15.3. The van der Waals surface area contributed by atoms with Crippen molar-refractivity contribution in [1.82, 2.24) is 0 Å². The molecule has 0 heterocycles. The third kappa shape index (κ3) is 5.12. The van der Waals surface area contributed by atoms with Gasteiger partial charge in [0.1, 0.15) is 6.07 Å². The second-order valence-corrected chi connectivity index (χ2v) is 8.03. The van der Waals surface area contributed by atoms with Gasteiger partial charge in [-0.2, -0.15) is 22.8 Å². The second-order valence-electron chi connectivity index (χ2n) is 8.03. The highest BCUT2D eigenvalue weighted by Gasteiger charge is 2.32. The first kappa shape index (κ1) is 19.9. The Morgan fingerprint density at radius 1 is 0.889 bits per heavy atom. The number of benzene rings is 1. The van der Waals surface area contributed by atoms with Gasteiger partial charge < -0.3 is 0 Å². The van der Waals surface area contributed by atoms with Crippen molar-refractivity contribution >= 4 is 0 Å². The first-order valence-electron chi connectivity index (χ1n) is 9.81. The highest BCUT2D eigenvalue weighted by atomic mass is 19.4. The molecule has 3 rings (SSSR count). The third-order valence-electron chi connectivity index (χ3n) is 6.45. The molecule has 0 aliphatic heterocycles. The standard InChI is InChI=1S/C22H25F4N/c23-21(14-27)13-15-1-3-16(4-2-15)17-5-7-18(8-6-17)19-9-11-20(12-10-19)22(24,25)26/h9-13,15-18H,1-8H2/b21-13-. The number of hydrogen-bond donors (Lipinski definition) is 0. The highest BCUT2D eigenvalue weighted by molar-refractivity contribution is 5.27. The van der Waals surface area contributed by atoms with Crippen LogP contribution < -0.4 is 0 Å². The molecule has 5 heteroatoms. The van der Waals surface area contributed by atoms with E-state index in [1.165, 1.54) is 18.2 Å². The van der Waals surface area contributed by atoms with Gasteiger partial charge in [0.25, 0.3) is 0 Å². The normalized spacial score (nSPS) is 30.0. The molecule has 1 aromatic carbocycles. The summed E-state index contributed by atoms with van der Waals surface area (Å²) >= 11 is 0. The molecule has 146 valence electrons. The lowest BCUT2D eigenvalue weighted by atomic mass is 9.68. The summed E-state index contributed by atoms with van der Waals surface area (Å²) in [5.74, 6) is 1.20. The van der Waals surface area contributed by atoms with Crippen LogP contribution in [0.2, 0.25) is 0 Å². The Morgan fingerprint density at radius 2 is 1.41 bits per heavy atom. The fourth-order valence-electron chi connectivity index (χ4n) is 4.90. The molecular formula is C22H25F4N. The van der Waals surface area contributed by atoms with E-state index >= 15 is 0 Å². The lowest BCUT2D eigenvalue weighted by molar-refractivity contribution is -0.137. The molecule has 0 aromatic heterocycles. The molecule has 0 saturated heterocycles. The molecule has 2 aliphatic carbocycles. The summed E-state index contributed by atoms with van der Waals surface area (Å²) in [4.78, 5) is 0. The van der Waals surface area contributed by atoms with E-state index in [9.17, 15) is 17.6 Å². The van der Waals surface area contributed by atoms with Gasteiger partial charge in [0.2, 0.25) is 0 Å². The lowest BCUT2D eigenvalue weighted by Gasteiger charge is -2.37. The summed E-state index contributed by atoms with van der Waals surface area (Å²) in [5.41, 5.74) is 0.431. The fourth-order valence-corrected chi connectivity index (χ4v) is 4.90. The number of nitriles is 1. The maximum Gasteiger partial charge on any atom is 0.416 e. The molecule has 0 spiro atoms. The zero-order valence-electron chi connectivity index (χ0n) is 15.3. The van der Waals surface area contributed by atoms with Crippen LogP contribution in [0.3, 0.4) is 0 Å². The van der Waals surface area contributed by atoms with Gasteiger partial charge in [0.05, 0.1) is 5.56 Å². The van der Waals surface area contributed by atoms with Gasteiger partial charge in [-0.15, -0.1) is 0 Å². The van der Waals surface area contributed by atoms with Crippen LogP contribution in [0.15, 0.2) is 36.2 Å². The molecular weight excluding hydrogens is 354 g/mol. The molecule has 2 saturated carbocycles. The topological polar surface area (TPSA) is 23.8 Å². The van der Waals surface area contributed by atoms with Crippen molar-refractivity contribution in [2.45, 2.75) is 63.5 Å². The maximum atomic E-state index is 13.1. The lowest BCUT2D eigenvalue weighted by Crippen LogP contribution is -2.25. The van der Waals surface area contributed by atoms with E-state index in [1.807, 2.05) is 0 Å². The molecule has 0 radical (unpaired) electrons. The molecule has 2 fully saturated rings. The van der Waals surface area contributed by atoms with E-state index in [0.717, 1.165) is 56.9 Å². The average molecular weight is 379 g/mol. The SMILES string of the molecule is N#C/C(F)=C/C1CCC(C2CCC(c3ccc(C(F)(F)F)cc3)CC2)CC1. The van der Waals surface area contributed by atoms with E-state index in [-0.39, 0.29) is 5.92 Å². The van der Waals surface area contributed by atoms with Crippen molar-refractivity contribution < 1.29 is 17.6 Å². The fraction of sp³-hybridized carbons (Fsp3) is 0.591. The van der Waals surface area contributed by atoms with Crippen LogP contribution in [-0.2, 0) is 6.18 Å². The maximum absolute atomic E-state index is 13.1. The molecule has 2 aliphatic rings. The van der Waals surface area contributed by atoms with Gasteiger partial charge in [-0.05, 0) is 98.8 Å². The van der Waals surface area contributed by atoms with Crippen molar-refractivity contribution in [2.75, 3.05) is 0 Å². The number of alkyl halides is 3. The smallest absolute Gasteiger partial charge is 0.195 e. The Bertz CT molecular complexity index is 683. The first-order chi connectivity index (χ1) is 12.9. The summed E-state index contributed by atoms with van der Waals surface area (Å²) in [6.07, 6.45) is 5.52. The van der Waals surface area contributed by atoms with Crippen LogP contribution in [-0.4, -0.2) is 0 Å². The minimum Gasteiger partial charge on any atom is -0.195 e. The molecule has 0 unspecified atom stereocenters. The van der Waals surface area contributed by atoms with Crippen LogP contribution >= 0.6 is 0 Å². The van der Waals surface area contributed by atoms with Crippen molar-refractivity contribution in [3.8, 4) is 6.07 Å². The van der Waals surface area contributed by atoms with Crippen LogP contribution in [0.1, 0.15) is 68.4 Å². The summed E-state index contributed by atoms with van der Waals surface area (Å²) < 4.78 is 51.2. The van der Waals surface area contributed by atoms with Crippen molar-refractivity contribution in [1.29, 1.82) is 5.26 Å². The number of nitrogens with zero attached hydrogens (tertiary/aromatic N) is 1. The van der Waals surface area contributed by atoms with E-state index in [2.05, 4.69) is 0 Å². The van der Waals surface area contributed by atoms with Gasteiger partial charge in [-0.3, -0.25) is 0 Å². The summed E-state index contributed by atoms with van der Waals surface area (Å²) in [7, 11) is 0. The Hall–Kier alpha value is -1.83. The van der Waals surface area contributed by atoms with Crippen molar-refractivity contribution in [3.63, 3.8) is 0 Å². The van der Waals surface area contributed by atoms with Crippen LogP contribution in [0.25, 0.3) is 0 Å². The van der Waals surface area contributed by atoms with E-state index < -0.39 is 17.6 Å². The number of rotatable bonds is 3. The Morgan fingerprint density at radius 3 is 1.89 bits per heavy atom. The number of hydrogen-bond acceptors (Lipinski definition) is 1. The molecule has 0 amide bonds. The quantitative estimate of drug-likeness (QED) is 0.404. The minimum absolute atomic E-state index is 0.185. The predicted octanol–water partition coefficient (Wildman–Crippen LogP) is 7.16. The van der Waals surface area contributed by atoms with Gasteiger partial charge in [-0.1, -0.05) is 12.1 Å². The van der Waals surface area contributed by atoms with E-state index in [1.54, 1.807) is 18.2 Å². The number of halogens is 4.